The topological polar surface area (TPSA) is 87.7 Å². The number of para-hydroxylation sites is 1. The number of anilines is 1. The van der Waals surface area contributed by atoms with Crippen molar-refractivity contribution in [3.8, 4) is 0 Å². The van der Waals surface area contributed by atoms with E-state index in [0.29, 0.717) is 11.1 Å². The van der Waals surface area contributed by atoms with Crippen molar-refractivity contribution >= 4 is 23.4 Å². The Morgan fingerprint density at radius 1 is 1.38 bits per heavy atom. The number of hydrogen-bond acceptors (Lipinski definition) is 5. The Kier molecular flexibility index (Phi) is 5.10. The third kappa shape index (κ3) is 4.42. The van der Waals surface area contributed by atoms with Crippen LogP contribution in [0.25, 0.3) is 0 Å². The number of aromatic amines is 1. The summed E-state index contributed by atoms with van der Waals surface area (Å²) >= 11 is 1.13. The standard InChI is InChI=1S/C14H16N4O2S/c1-9(2)10-5-3-4-6-11(10)16-13(20)8-21-14-17-12(19)7-15-18-14/h3-7,9H,8H2,1-2H3,(H,16,20)(H,17,18,19). The maximum Gasteiger partial charge on any atom is 0.270 e. The van der Waals surface area contributed by atoms with E-state index in [1.54, 1.807) is 0 Å². The number of benzene rings is 1. The van der Waals surface area contributed by atoms with Gasteiger partial charge in [0, 0.05) is 5.69 Å². The molecule has 21 heavy (non-hydrogen) atoms. The van der Waals surface area contributed by atoms with Gasteiger partial charge in [-0.15, -0.1) is 5.10 Å². The number of H-pyrrole nitrogens is 1. The molecule has 0 spiro atoms. The summed E-state index contributed by atoms with van der Waals surface area (Å²) in [5.41, 5.74) is 1.56. The smallest absolute Gasteiger partial charge is 0.270 e. The van der Waals surface area contributed by atoms with E-state index >= 15 is 0 Å². The number of aromatic nitrogens is 3. The minimum atomic E-state index is -0.335. The summed E-state index contributed by atoms with van der Waals surface area (Å²) in [6.07, 6.45) is 1.09. The molecule has 1 aromatic carbocycles. The molecule has 110 valence electrons. The van der Waals surface area contributed by atoms with E-state index in [1.165, 1.54) is 0 Å². The Morgan fingerprint density at radius 3 is 2.86 bits per heavy atom. The molecule has 0 aliphatic carbocycles. The molecular formula is C14H16N4O2S. The normalized spacial score (nSPS) is 10.6. The molecule has 7 heteroatoms. The van der Waals surface area contributed by atoms with Crippen LogP contribution in [0.5, 0.6) is 0 Å². The minimum Gasteiger partial charge on any atom is -0.325 e. The Morgan fingerprint density at radius 2 is 2.14 bits per heavy atom. The monoisotopic (exact) mass is 304 g/mol. The molecule has 0 unspecified atom stereocenters. The number of hydrogen-bond donors (Lipinski definition) is 2. The lowest BCUT2D eigenvalue weighted by molar-refractivity contribution is -0.113. The van der Waals surface area contributed by atoms with E-state index in [0.717, 1.165) is 29.2 Å². The molecule has 2 aromatic rings. The molecule has 0 saturated heterocycles. The average Bonchev–Trinajstić information content (AvgIpc) is 2.45. The second kappa shape index (κ2) is 7.03. The third-order valence-corrected chi connectivity index (χ3v) is 3.61. The first kappa shape index (κ1) is 15.2. The van der Waals surface area contributed by atoms with Crippen molar-refractivity contribution < 1.29 is 4.79 Å². The van der Waals surface area contributed by atoms with Crippen LogP contribution in [0.1, 0.15) is 25.3 Å². The van der Waals surface area contributed by atoms with Gasteiger partial charge in [0.15, 0.2) is 5.16 Å². The summed E-state index contributed by atoms with van der Waals surface area (Å²) in [7, 11) is 0. The molecule has 0 saturated carbocycles. The summed E-state index contributed by atoms with van der Waals surface area (Å²) in [4.78, 5) is 25.6. The van der Waals surface area contributed by atoms with Crippen molar-refractivity contribution in [3.05, 3.63) is 46.4 Å². The van der Waals surface area contributed by atoms with Crippen molar-refractivity contribution in [3.63, 3.8) is 0 Å². The summed E-state index contributed by atoms with van der Waals surface area (Å²) in [6, 6.07) is 7.70. The van der Waals surface area contributed by atoms with Crippen molar-refractivity contribution in [2.24, 2.45) is 0 Å². The van der Waals surface area contributed by atoms with Crippen LogP contribution in [-0.4, -0.2) is 26.8 Å². The van der Waals surface area contributed by atoms with Gasteiger partial charge in [-0.05, 0) is 17.5 Å². The fourth-order valence-corrected chi connectivity index (χ4v) is 2.41. The lowest BCUT2D eigenvalue weighted by atomic mass is 10.0. The van der Waals surface area contributed by atoms with Gasteiger partial charge in [-0.3, -0.25) is 14.6 Å². The van der Waals surface area contributed by atoms with Crippen LogP contribution in [0.4, 0.5) is 5.69 Å². The second-order valence-corrected chi connectivity index (χ2v) is 5.68. The predicted molar refractivity (Wildman–Crippen MR) is 82.5 cm³/mol. The Labute approximate surface area is 126 Å². The van der Waals surface area contributed by atoms with Gasteiger partial charge in [-0.1, -0.05) is 43.8 Å². The average molecular weight is 304 g/mol. The molecule has 0 aliphatic heterocycles. The van der Waals surface area contributed by atoms with Crippen LogP contribution in [-0.2, 0) is 4.79 Å². The highest BCUT2D eigenvalue weighted by molar-refractivity contribution is 7.99. The summed E-state index contributed by atoms with van der Waals surface area (Å²) in [6.45, 7) is 4.15. The maximum absolute atomic E-state index is 12.0. The molecule has 2 N–H and O–H groups in total. The van der Waals surface area contributed by atoms with Gasteiger partial charge in [-0.2, -0.15) is 5.10 Å². The molecule has 0 radical (unpaired) electrons. The Balaban J connectivity index is 1.98. The molecule has 0 aliphatic rings. The molecular weight excluding hydrogens is 288 g/mol. The van der Waals surface area contributed by atoms with Gasteiger partial charge in [0.05, 0.1) is 5.75 Å². The Bertz CT molecular complexity index is 684. The predicted octanol–water partition coefficient (Wildman–Crippen LogP) is 2.02. The minimum absolute atomic E-state index is 0.153. The van der Waals surface area contributed by atoms with Crippen LogP contribution >= 0.6 is 11.8 Å². The molecule has 2 rings (SSSR count). The number of nitrogens with zero attached hydrogens (tertiary/aromatic N) is 2. The third-order valence-electron chi connectivity index (χ3n) is 2.75. The molecule has 6 nitrogen and oxygen atoms in total. The number of carbonyl (C=O) groups is 1. The van der Waals surface area contributed by atoms with E-state index in [1.807, 2.05) is 24.3 Å². The SMILES string of the molecule is CC(C)c1ccccc1NC(=O)CSc1nncc(=O)[nH]1. The van der Waals surface area contributed by atoms with E-state index in [4.69, 9.17) is 0 Å². The fraction of sp³-hybridized carbons (Fsp3) is 0.286. The van der Waals surface area contributed by atoms with Crippen molar-refractivity contribution in [2.75, 3.05) is 11.1 Å². The first-order valence-corrected chi connectivity index (χ1v) is 7.48. The summed E-state index contributed by atoms with van der Waals surface area (Å²) in [5, 5.41) is 10.5. The van der Waals surface area contributed by atoms with E-state index in [-0.39, 0.29) is 17.2 Å². The first-order chi connectivity index (χ1) is 10.1. The second-order valence-electron chi connectivity index (χ2n) is 4.72. The highest BCUT2D eigenvalue weighted by Crippen LogP contribution is 2.24. The molecule has 0 atom stereocenters. The van der Waals surface area contributed by atoms with Crippen LogP contribution in [0.3, 0.4) is 0 Å². The van der Waals surface area contributed by atoms with Gasteiger partial charge in [0.25, 0.3) is 5.56 Å². The van der Waals surface area contributed by atoms with Gasteiger partial charge in [-0.25, -0.2) is 0 Å². The van der Waals surface area contributed by atoms with Crippen molar-refractivity contribution in [1.29, 1.82) is 0 Å². The Hall–Kier alpha value is -2.15. The van der Waals surface area contributed by atoms with Crippen molar-refractivity contribution in [2.45, 2.75) is 24.9 Å². The van der Waals surface area contributed by atoms with E-state index < -0.39 is 0 Å². The summed E-state index contributed by atoms with van der Waals surface area (Å²) < 4.78 is 0. The van der Waals surface area contributed by atoms with Crippen LogP contribution in [0.2, 0.25) is 0 Å². The molecule has 1 heterocycles. The van der Waals surface area contributed by atoms with Gasteiger partial charge < -0.3 is 5.32 Å². The number of thioether (sulfide) groups is 1. The zero-order chi connectivity index (χ0) is 15.2. The largest absolute Gasteiger partial charge is 0.325 e. The van der Waals surface area contributed by atoms with E-state index in [2.05, 4.69) is 34.3 Å². The lowest BCUT2D eigenvalue weighted by Gasteiger charge is -2.13. The number of nitrogens with one attached hydrogen (secondary N) is 2. The lowest BCUT2D eigenvalue weighted by Crippen LogP contribution is -2.16. The maximum atomic E-state index is 12.0. The zero-order valence-corrected chi connectivity index (χ0v) is 12.6. The molecule has 1 aromatic heterocycles. The van der Waals surface area contributed by atoms with Crippen molar-refractivity contribution in [1.82, 2.24) is 15.2 Å². The first-order valence-electron chi connectivity index (χ1n) is 6.50. The quantitative estimate of drug-likeness (QED) is 0.825. The molecule has 0 fully saturated rings. The van der Waals surface area contributed by atoms with Crippen LogP contribution < -0.4 is 10.9 Å². The highest BCUT2D eigenvalue weighted by atomic mass is 32.2. The summed E-state index contributed by atoms with van der Waals surface area (Å²) in [5.74, 6) is 0.325. The fourth-order valence-electron chi connectivity index (χ4n) is 1.80. The molecule has 1 amide bonds. The van der Waals surface area contributed by atoms with Gasteiger partial charge >= 0.3 is 0 Å². The number of carbonyl (C=O) groups excluding carboxylic acids is 1. The van der Waals surface area contributed by atoms with Gasteiger partial charge in [0.2, 0.25) is 5.91 Å². The van der Waals surface area contributed by atoms with Crippen LogP contribution in [0, 0.1) is 0 Å². The number of amides is 1. The number of rotatable bonds is 5. The van der Waals surface area contributed by atoms with E-state index in [9.17, 15) is 9.59 Å². The zero-order valence-electron chi connectivity index (χ0n) is 11.8. The van der Waals surface area contributed by atoms with Crippen LogP contribution in [0.15, 0.2) is 40.4 Å². The molecule has 0 bridgehead atoms. The highest BCUT2D eigenvalue weighted by Gasteiger charge is 2.10. The van der Waals surface area contributed by atoms with Gasteiger partial charge in [0.1, 0.15) is 6.20 Å².